The van der Waals surface area contributed by atoms with Gasteiger partial charge < -0.3 is 4.42 Å². The van der Waals surface area contributed by atoms with Crippen molar-refractivity contribution in [2.75, 3.05) is 0 Å². The summed E-state index contributed by atoms with van der Waals surface area (Å²) in [5.41, 5.74) is 2.30. The van der Waals surface area contributed by atoms with Crippen LogP contribution in [0.4, 0.5) is 0 Å². The van der Waals surface area contributed by atoms with E-state index in [1.807, 2.05) is 60.1 Å². The smallest absolute Gasteiger partial charge is 0.238 e. The van der Waals surface area contributed by atoms with E-state index in [-0.39, 0.29) is 11.3 Å². The summed E-state index contributed by atoms with van der Waals surface area (Å²) in [6.45, 7) is 0. The fraction of sp³-hybridized carbons (Fsp3) is 0. The van der Waals surface area contributed by atoms with E-state index in [0.717, 1.165) is 10.6 Å². The van der Waals surface area contributed by atoms with Gasteiger partial charge in [0.25, 0.3) is 0 Å². The number of para-hydroxylation sites is 1. The van der Waals surface area contributed by atoms with E-state index < -0.39 is 5.78 Å². The minimum absolute atomic E-state index is 0.00429. The standard InChI is InChI=1S/C21H13N3O2S/c22-13-15(21(25)18-8-4-10-26-18)12-16-14-24(17-6-2-1-3-7-17)23-20(16)19-9-5-11-27-19/h1-12,14H/b15-12+. The van der Waals surface area contributed by atoms with Crippen molar-refractivity contribution in [1.29, 1.82) is 5.26 Å². The zero-order chi connectivity index (χ0) is 18.6. The van der Waals surface area contributed by atoms with Crippen LogP contribution in [0.3, 0.4) is 0 Å². The molecule has 3 aromatic heterocycles. The van der Waals surface area contributed by atoms with Crippen LogP contribution in [0.15, 0.2) is 82.4 Å². The Balaban J connectivity index is 1.82. The van der Waals surface area contributed by atoms with Crippen LogP contribution in [-0.4, -0.2) is 15.6 Å². The Morgan fingerprint density at radius 2 is 2.00 bits per heavy atom. The lowest BCUT2D eigenvalue weighted by Gasteiger charge is -1.99. The molecule has 0 radical (unpaired) electrons. The molecule has 0 aliphatic rings. The number of carbonyl (C=O) groups excluding carboxylic acids is 1. The van der Waals surface area contributed by atoms with Crippen LogP contribution in [0.5, 0.6) is 0 Å². The molecule has 0 saturated carbocycles. The number of Topliss-reactive ketones (excluding diaryl/α,β-unsaturated/α-hetero) is 1. The number of nitrogens with zero attached hydrogens (tertiary/aromatic N) is 3. The average molecular weight is 371 g/mol. The second-order valence-corrected chi connectivity index (χ2v) is 6.61. The highest BCUT2D eigenvalue weighted by molar-refractivity contribution is 7.13. The Labute approximate surface area is 159 Å². The third-order valence-electron chi connectivity index (χ3n) is 3.93. The fourth-order valence-electron chi connectivity index (χ4n) is 2.66. The molecule has 0 aliphatic carbocycles. The van der Waals surface area contributed by atoms with E-state index in [0.29, 0.717) is 11.3 Å². The molecule has 0 fully saturated rings. The molecule has 6 heteroatoms. The largest absolute Gasteiger partial charge is 0.461 e. The summed E-state index contributed by atoms with van der Waals surface area (Å²) in [5, 5.41) is 16.1. The summed E-state index contributed by atoms with van der Waals surface area (Å²) in [6, 6.07) is 18.7. The van der Waals surface area contributed by atoms with Crippen molar-refractivity contribution >= 4 is 23.2 Å². The molecule has 4 aromatic rings. The molecule has 0 aliphatic heterocycles. The minimum Gasteiger partial charge on any atom is -0.461 e. The van der Waals surface area contributed by atoms with Crippen molar-refractivity contribution in [3.05, 3.63) is 89.3 Å². The molecule has 0 spiro atoms. The summed E-state index contributed by atoms with van der Waals surface area (Å²) < 4.78 is 6.88. The third kappa shape index (κ3) is 3.36. The number of hydrogen-bond acceptors (Lipinski definition) is 5. The van der Waals surface area contributed by atoms with Gasteiger partial charge in [0.2, 0.25) is 5.78 Å². The number of hydrogen-bond donors (Lipinski definition) is 0. The van der Waals surface area contributed by atoms with Crippen molar-refractivity contribution < 1.29 is 9.21 Å². The molecule has 0 saturated heterocycles. The van der Waals surface area contributed by atoms with Crippen molar-refractivity contribution in [3.63, 3.8) is 0 Å². The van der Waals surface area contributed by atoms with Gasteiger partial charge in [-0.2, -0.15) is 10.4 Å². The van der Waals surface area contributed by atoms with Crippen molar-refractivity contribution in [2.24, 2.45) is 0 Å². The van der Waals surface area contributed by atoms with Crippen molar-refractivity contribution in [2.45, 2.75) is 0 Å². The van der Waals surface area contributed by atoms with Crippen molar-refractivity contribution in [1.82, 2.24) is 9.78 Å². The summed E-state index contributed by atoms with van der Waals surface area (Å²) in [4.78, 5) is 13.5. The Hall–Kier alpha value is -3.69. The number of nitriles is 1. The molecule has 130 valence electrons. The molecule has 1 aromatic carbocycles. The molecule has 0 amide bonds. The molecule has 5 nitrogen and oxygen atoms in total. The molecule has 4 rings (SSSR count). The predicted molar refractivity (Wildman–Crippen MR) is 104 cm³/mol. The van der Waals surface area contributed by atoms with Crippen LogP contribution in [-0.2, 0) is 0 Å². The molecule has 27 heavy (non-hydrogen) atoms. The Morgan fingerprint density at radius 3 is 2.67 bits per heavy atom. The molecule has 3 heterocycles. The minimum atomic E-state index is -0.452. The van der Waals surface area contributed by atoms with Crippen LogP contribution in [0.1, 0.15) is 16.1 Å². The van der Waals surface area contributed by atoms with E-state index >= 15 is 0 Å². The lowest BCUT2D eigenvalue weighted by Crippen LogP contribution is -2.00. The Bertz CT molecular complexity index is 1130. The van der Waals surface area contributed by atoms with Crippen LogP contribution < -0.4 is 0 Å². The highest BCUT2D eigenvalue weighted by Gasteiger charge is 2.18. The predicted octanol–water partition coefficient (Wildman–Crippen LogP) is 4.98. The lowest BCUT2D eigenvalue weighted by molar-refractivity contribution is 0.101. The number of thiophene rings is 1. The first kappa shape index (κ1) is 16.8. The quantitative estimate of drug-likeness (QED) is 0.282. The van der Waals surface area contributed by atoms with Gasteiger partial charge in [-0.15, -0.1) is 11.3 Å². The van der Waals surface area contributed by atoms with Crippen LogP contribution in [0.2, 0.25) is 0 Å². The zero-order valence-corrected chi connectivity index (χ0v) is 14.9. The maximum absolute atomic E-state index is 12.5. The van der Waals surface area contributed by atoms with Gasteiger partial charge in [0.1, 0.15) is 17.3 Å². The summed E-state index contributed by atoms with van der Waals surface area (Å²) in [5.74, 6) is -0.317. The highest BCUT2D eigenvalue weighted by atomic mass is 32.1. The maximum atomic E-state index is 12.5. The first-order valence-electron chi connectivity index (χ1n) is 8.15. The Kier molecular flexibility index (Phi) is 4.52. The number of ketones is 1. The first-order valence-corrected chi connectivity index (χ1v) is 9.03. The maximum Gasteiger partial charge on any atom is 0.238 e. The van der Waals surface area contributed by atoms with Crippen LogP contribution in [0, 0.1) is 11.3 Å². The summed E-state index contributed by atoms with van der Waals surface area (Å²) in [7, 11) is 0. The first-order chi connectivity index (χ1) is 13.3. The number of aromatic nitrogens is 2. The number of furan rings is 1. The molecular formula is C21H13N3O2S. The summed E-state index contributed by atoms with van der Waals surface area (Å²) >= 11 is 1.55. The molecule has 0 N–H and O–H groups in total. The normalized spacial score (nSPS) is 11.3. The van der Waals surface area contributed by atoms with E-state index in [9.17, 15) is 10.1 Å². The third-order valence-corrected chi connectivity index (χ3v) is 4.80. The topological polar surface area (TPSA) is 71.8 Å². The van der Waals surface area contributed by atoms with E-state index in [4.69, 9.17) is 4.42 Å². The Morgan fingerprint density at radius 1 is 1.15 bits per heavy atom. The van der Waals surface area contributed by atoms with Gasteiger partial charge in [-0.1, -0.05) is 24.3 Å². The van der Waals surface area contributed by atoms with Crippen LogP contribution >= 0.6 is 11.3 Å². The molecule has 0 atom stereocenters. The van der Waals surface area contributed by atoms with Gasteiger partial charge in [-0.3, -0.25) is 4.79 Å². The number of allylic oxidation sites excluding steroid dienone is 1. The highest BCUT2D eigenvalue weighted by Crippen LogP contribution is 2.29. The van der Waals surface area contributed by atoms with Gasteiger partial charge in [0, 0.05) is 11.8 Å². The van der Waals surface area contributed by atoms with Gasteiger partial charge >= 0.3 is 0 Å². The van der Waals surface area contributed by atoms with E-state index in [1.54, 1.807) is 34.2 Å². The van der Waals surface area contributed by atoms with Gasteiger partial charge in [-0.05, 0) is 41.8 Å². The zero-order valence-electron chi connectivity index (χ0n) is 14.1. The SMILES string of the molecule is N#C/C(=C\c1cn(-c2ccccc2)nc1-c1cccs1)C(=O)c1ccco1. The van der Waals surface area contributed by atoms with Crippen molar-refractivity contribution in [3.8, 4) is 22.3 Å². The molecular weight excluding hydrogens is 358 g/mol. The molecule has 0 bridgehead atoms. The second-order valence-electron chi connectivity index (χ2n) is 5.67. The van der Waals surface area contributed by atoms with E-state index in [1.165, 1.54) is 6.26 Å². The average Bonchev–Trinajstić information content (AvgIpc) is 3.47. The van der Waals surface area contributed by atoms with Gasteiger partial charge in [0.15, 0.2) is 5.76 Å². The van der Waals surface area contributed by atoms with E-state index in [2.05, 4.69) is 5.10 Å². The monoisotopic (exact) mass is 371 g/mol. The molecule has 0 unspecified atom stereocenters. The summed E-state index contributed by atoms with van der Waals surface area (Å²) in [6.07, 6.45) is 4.79. The number of benzene rings is 1. The van der Waals surface area contributed by atoms with Gasteiger partial charge in [-0.25, -0.2) is 4.68 Å². The number of rotatable bonds is 5. The second kappa shape index (κ2) is 7.28. The van der Waals surface area contributed by atoms with Crippen LogP contribution in [0.25, 0.3) is 22.3 Å². The van der Waals surface area contributed by atoms with Gasteiger partial charge in [0.05, 0.1) is 16.8 Å². The lowest BCUT2D eigenvalue weighted by atomic mass is 10.1. The number of carbonyl (C=O) groups is 1. The fourth-order valence-corrected chi connectivity index (χ4v) is 3.39.